The largest absolute Gasteiger partial charge is 0.504 e. The highest BCUT2D eigenvalue weighted by Gasteiger charge is 2.32. The van der Waals surface area contributed by atoms with Gasteiger partial charge >= 0.3 is 5.69 Å². The van der Waals surface area contributed by atoms with Crippen LogP contribution in [0.1, 0.15) is 20.8 Å². The lowest BCUT2D eigenvalue weighted by Gasteiger charge is -2.06. The molecule has 1 aromatic carbocycles. The van der Waals surface area contributed by atoms with Gasteiger partial charge in [-0.05, 0) is 11.4 Å². The lowest BCUT2D eigenvalue weighted by molar-refractivity contribution is -0.386. The molecule has 0 amide bonds. The maximum absolute atomic E-state index is 12.2. The number of hydrogen-bond acceptors (Lipinski definition) is 7. The number of phenols is 2. The van der Waals surface area contributed by atoms with E-state index in [2.05, 4.69) is 0 Å². The van der Waals surface area contributed by atoms with E-state index in [0.29, 0.717) is 0 Å². The van der Waals surface area contributed by atoms with E-state index >= 15 is 0 Å². The van der Waals surface area contributed by atoms with Gasteiger partial charge < -0.3 is 10.2 Å². The predicted octanol–water partition coefficient (Wildman–Crippen LogP) is 2.17. The third-order valence-corrected chi connectivity index (χ3v) is 3.40. The van der Waals surface area contributed by atoms with Gasteiger partial charge in [0.2, 0.25) is 11.5 Å². The van der Waals surface area contributed by atoms with Gasteiger partial charge in [-0.1, -0.05) is 6.07 Å². The highest BCUT2D eigenvalue weighted by molar-refractivity contribution is 7.12. The highest BCUT2D eigenvalue weighted by Crippen LogP contribution is 2.41. The van der Waals surface area contributed by atoms with Crippen LogP contribution in [-0.2, 0) is 0 Å². The molecule has 0 saturated heterocycles. The van der Waals surface area contributed by atoms with Gasteiger partial charge in [0.1, 0.15) is 11.6 Å². The molecule has 1 heterocycles. The third kappa shape index (κ3) is 2.06. The highest BCUT2D eigenvalue weighted by atomic mass is 32.1. The van der Waals surface area contributed by atoms with Crippen LogP contribution < -0.4 is 0 Å². The van der Waals surface area contributed by atoms with Crippen molar-refractivity contribution in [2.24, 2.45) is 0 Å². The van der Waals surface area contributed by atoms with Crippen molar-refractivity contribution in [2.75, 3.05) is 0 Å². The summed E-state index contributed by atoms with van der Waals surface area (Å²) in [5.41, 5.74) is -1.87. The summed E-state index contributed by atoms with van der Waals surface area (Å²) >= 11 is 1.05. The first kappa shape index (κ1) is 13.5. The summed E-state index contributed by atoms with van der Waals surface area (Å²) in [7, 11) is 0. The number of nitriles is 1. The fourth-order valence-corrected chi connectivity index (χ4v) is 2.34. The molecule has 0 saturated carbocycles. The maximum atomic E-state index is 12.2. The molecule has 7 nitrogen and oxygen atoms in total. The van der Waals surface area contributed by atoms with Crippen LogP contribution >= 0.6 is 11.3 Å². The van der Waals surface area contributed by atoms with Gasteiger partial charge in [0.15, 0.2) is 5.75 Å². The minimum atomic E-state index is -1.03. The van der Waals surface area contributed by atoms with Crippen molar-refractivity contribution in [3.8, 4) is 17.6 Å². The Bertz CT molecular complexity index is 746. The van der Waals surface area contributed by atoms with Crippen LogP contribution in [-0.4, -0.2) is 20.9 Å². The summed E-state index contributed by atoms with van der Waals surface area (Å²) in [6.45, 7) is 0. The van der Waals surface area contributed by atoms with E-state index in [1.165, 1.54) is 6.07 Å². The molecule has 100 valence electrons. The minimum absolute atomic E-state index is 0.190. The predicted molar refractivity (Wildman–Crippen MR) is 68.9 cm³/mol. The molecule has 0 spiro atoms. The number of carbonyl (C=O) groups is 1. The van der Waals surface area contributed by atoms with Crippen molar-refractivity contribution in [3.63, 3.8) is 0 Å². The zero-order chi connectivity index (χ0) is 14.9. The Morgan fingerprint density at radius 2 is 2.15 bits per heavy atom. The van der Waals surface area contributed by atoms with Gasteiger partial charge in [0, 0.05) is 6.07 Å². The Morgan fingerprint density at radius 1 is 1.45 bits per heavy atom. The lowest BCUT2D eigenvalue weighted by Crippen LogP contribution is -2.07. The van der Waals surface area contributed by atoms with E-state index in [0.717, 1.165) is 17.4 Å². The van der Waals surface area contributed by atoms with E-state index in [9.17, 15) is 25.1 Å². The number of nitrogens with zero attached hydrogens (tertiary/aromatic N) is 2. The van der Waals surface area contributed by atoms with Gasteiger partial charge in [0.25, 0.3) is 0 Å². The number of thiophene rings is 1. The van der Waals surface area contributed by atoms with Crippen molar-refractivity contribution < 1.29 is 19.9 Å². The molecule has 0 aliphatic carbocycles. The van der Waals surface area contributed by atoms with Crippen molar-refractivity contribution in [1.82, 2.24) is 0 Å². The van der Waals surface area contributed by atoms with Crippen molar-refractivity contribution in [1.29, 1.82) is 5.26 Å². The number of carbonyl (C=O) groups excluding carboxylic acids is 1. The van der Waals surface area contributed by atoms with Crippen LogP contribution in [0.3, 0.4) is 0 Å². The smallest absolute Gasteiger partial charge is 0.327 e. The zero-order valence-electron chi connectivity index (χ0n) is 9.73. The maximum Gasteiger partial charge on any atom is 0.327 e. The number of hydrogen-bond donors (Lipinski definition) is 2. The fourth-order valence-electron chi connectivity index (χ4n) is 1.67. The summed E-state index contributed by atoms with van der Waals surface area (Å²) in [5, 5.41) is 40.5. The zero-order valence-corrected chi connectivity index (χ0v) is 10.5. The molecular weight excluding hydrogens is 284 g/mol. The Hall–Kier alpha value is -2.92. The van der Waals surface area contributed by atoms with Crippen LogP contribution in [0.5, 0.6) is 11.5 Å². The summed E-state index contributed by atoms with van der Waals surface area (Å²) < 4.78 is 0. The molecule has 2 N–H and O–H groups in total. The molecular formula is C12H6N2O5S. The molecule has 0 radical (unpaired) electrons. The minimum Gasteiger partial charge on any atom is -0.504 e. The Labute approximate surface area is 116 Å². The number of nitro groups is 1. The summed E-state index contributed by atoms with van der Waals surface area (Å²) in [5.74, 6) is -2.61. The number of nitro benzene ring substituents is 1. The first-order chi connectivity index (χ1) is 9.47. The number of ketones is 1. The molecule has 2 aromatic rings. The van der Waals surface area contributed by atoms with E-state index < -0.39 is 33.5 Å². The van der Waals surface area contributed by atoms with Crippen molar-refractivity contribution in [3.05, 3.63) is 49.7 Å². The molecule has 0 fully saturated rings. The first-order valence-electron chi connectivity index (χ1n) is 5.19. The first-order valence-corrected chi connectivity index (χ1v) is 6.07. The topological polar surface area (TPSA) is 124 Å². The van der Waals surface area contributed by atoms with E-state index in [1.54, 1.807) is 17.5 Å². The number of rotatable bonds is 3. The Morgan fingerprint density at radius 3 is 2.65 bits per heavy atom. The van der Waals surface area contributed by atoms with Gasteiger partial charge in [-0.15, -0.1) is 11.3 Å². The van der Waals surface area contributed by atoms with Crippen molar-refractivity contribution in [2.45, 2.75) is 0 Å². The molecule has 20 heavy (non-hydrogen) atoms. The van der Waals surface area contributed by atoms with Crippen LogP contribution in [0.25, 0.3) is 0 Å². The van der Waals surface area contributed by atoms with E-state index in [4.69, 9.17) is 5.26 Å². The van der Waals surface area contributed by atoms with Gasteiger partial charge in [0.05, 0.1) is 15.4 Å². The van der Waals surface area contributed by atoms with Crippen LogP contribution in [0.4, 0.5) is 5.69 Å². The summed E-state index contributed by atoms with van der Waals surface area (Å²) in [6.07, 6.45) is 0. The molecule has 0 unspecified atom stereocenters. The summed E-state index contributed by atoms with van der Waals surface area (Å²) in [6, 6.07) is 5.46. The SMILES string of the molecule is N#Cc1cc(O)c(O)c([N+](=O)[O-])c1C(=O)c1cccs1. The van der Waals surface area contributed by atoms with Gasteiger partial charge in [-0.3, -0.25) is 14.9 Å². The van der Waals surface area contributed by atoms with Crippen LogP contribution in [0.2, 0.25) is 0 Å². The van der Waals surface area contributed by atoms with Gasteiger partial charge in [-0.2, -0.15) is 5.26 Å². The molecule has 0 aliphatic heterocycles. The second-order valence-corrected chi connectivity index (χ2v) is 4.64. The normalized spacial score (nSPS) is 9.95. The third-order valence-electron chi connectivity index (χ3n) is 2.53. The average Bonchev–Trinajstić information content (AvgIpc) is 2.93. The van der Waals surface area contributed by atoms with Gasteiger partial charge in [-0.25, -0.2) is 0 Å². The monoisotopic (exact) mass is 290 g/mol. The molecule has 8 heteroatoms. The van der Waals surface area contributed by atoms with E-state index in [1.807, 2.05) is 0 Å². The molecule has 0 bridgehead atoms. The second-order valence-electron chi connectivity index (χ2n) is 3.69. The fraction of sp³-hybridized carbons (Fsp3) is 0. The lowest BCUT2D eigenvalue weighted by atomic mass is 9.99. The Kier molecular flexibility index (Phi) is 3.37. The number of phenolic OH excluding ortho intramolecular Hbond substituents is 2. The van der Waals surface area contributed by atoms with Crippen LogP contribution in [0, 0.1) is 21.4 Å². The molecule has 0 aliphatic rings. The number of aromatic hydroxyl groups is 2. The van der Waals surface area contributed by atoms with Crippen molar-refractivity contribution >= 4 is 22.8 Å². The molecule has 2 rings (SSSR count). The molecule has 0 atom stereocenters. The molecule has 1 aromatic heterocycles. The standard InChI is InChI=1S/C12H6N2O5S/c13-5-6-4-7(15)11(16)10(14(18)19)9(6)12(17)8-2-1-3-20-8/h1-4,15-16H. The Balaban J connectivity index is 2.80. The second kappa shape index (κ2) is 4.99. The average molecular weight is 290 g/mol. The summed E-state index contributed by atoms with van der Waals surface area (Å²) in [4.78, 5) is 22.4. The number of benzene rings is 1. The quantitative estimate of drug-likeness (QED) is 0.386. The van der Waals surface area contributed by atoms with Crippen LogP contribution in [0.15, 0.2) is 23.6 Å². The van der Waals surface area contributed by atoms with E-state index in [-0.39, 0.29) is 10.4 Å².